The number of halogens is 2. The molecule has 1 aliphatic rings. The molecule has 2 heterocycles. The lowest BCUT2D eigenvalue weighted by atomic mass is 10.1. The summed E-state index contributed by atoms with van der Waals surface area (Å²) >= 11 is 0. The summed E-state index contributed by atoms with van der Waals surface area (Å²) in [4.78, 5) is 34.9. The number of amides is 2. The Bertz CT molecular complexity index is 1010. The first kappa shape index (κ1) is 22.2. The second-order valence-corrected chi connectivity index (χ2v) is 7.31. The molecule has 0 aliphatic carbocycles. The van der Waals surface area contributed by atoms with E-state index in [4.69, 9.17) is 4.74 Å². The van der Waals surface area contributed by atoms with Crippen molar-refractivity contribution in [2.75, 3.05) is 42.9 Å². The third-order valence-electron chi connectivity index (χ3n) is 4.93. The molecule has 0 saturated heterocycles. The third-order valence-corrected chi connectivity index (χ3v) is 4.93. The summed E-state index contributed by atoms with van der Waals surface area (Å²) < 4.78 is 34.2. The lowest BCUT2D eigenvalue weighted by molar-refractivity contribution is -0.140. The van der Waals surface area contributed by atoms with E-state index in [9.17, 15) is 18.4 Å². The molecule has 0 fully saturated rings. The van der Waals surface area contributed by atoms with Crippen LogP contribution in [0.5, 0.6) is 5.75 Å². The Hall–Kier alpha value is -3.50. The highest BCUT2D eigenvalue weighted by molar-refractivity contribution is 6.02. The van der Waals surface area contributed by atoms with Gasteiger partial charge >= 0.3 is 5.92 Å². The van der Waals surface area contributed by atoms with Gasteiger partial charge in [0.05, 0.1) is 25.5 Å². The topological polar surface area (TPSA) is 99.7 Å². The molecule has 9 nitrogen and oxygen atoms in total. The van der Waals surface area contributed by atoms with Gasteiger partial charge in [0.25, 0.3) is 11.8 Å². The van der Waals surface area contributed by atoms with Crippen molar-refractivity contribution in [3.05, 3.63) is 30.0 Å². The van der Waals surface area contributed by atoms with Crippen LogP contribution in [0.25, 0.3) is 0 Å². The Balaban J connectivity index is 2.01. The van der Waals surface area contributed by atoms with E-state index in [1.165, 1.54) is 32.3 Å². The van der Waals surface area contributed by atoms with Gasteiger partial charge in [-0.15, -0.1) is 0 Å². The number of anilines is 4. The Morgan fingerprint density at radius 1 is 1.32 bits per heavy atom. The summed E-state index contributed by atoms with van der Waals surface area (Å²) in [6, 6.07) is 4.44. The maximum Gasteiger partial charge on any atom is 0.342 e. The highest BCUT2D eigenvalue weighted by Crippen LogP contribution is 2.37. The standard InChI is InChI=1S/C20H24F2N6O3/c1-11(2)28-10-20(21,22)18(30)27(4)14-9-24-19(26-16(14)28)25-13-7-6-12(17(29)23-3)8-15(13)31-5/h6-9,11H,10H2,1-5H3,(H,23,29)(H,24,25,26). The number of hydrogen-bond acceptors (Lipinski definition) is 7. The molecular formula is C20H24F2N6O3. The van der Waals surface area contributed by atoms with Crippen molar-refractivity contribution in [3.8, 4) is 5.75 Å². The molecule has 1 aliphatic heterocycles. The minimum absolute atomic E-state index is 0.126. The minimum atomic E-state index is -3.56. The maximum absolute atomic E-state index is 14.4. The van der Waals surface area contributed by atoms with E-state index in [1.807, 2.05) is 0 Å². The van der Waals surface area contributed by atoms with Gasteiger partial charge < -0.3 is 25.2 Å². The van der Waals surface area contributed by atoms with E-state index in [0.717, 1.165) is 4.90 Å². The summed E-state index contributed by atoms with van der Waals surface area (Å²) in [5.74, 6) is -4.44. The van der Waals surface area contributed by atoms with E-state index in [1.54, 1.807) is 32.0 Å². The molecule has 2 amide bonds. The van der Waals surface area contributed by atoms with Gasteiger partial charge in [-0.25, -0.2) is 4.98 Å². The molecule has 0 atom stereocenters. The molecule has 1 aromatic heterocycles. The van der Waals surface area contributed by atoms with Crippen molar-refractivity contribution in [1.82, 2.24) is 15.3 Å². The highest BCUT2D eigenvalue weighted by Gasteiger charge is 2.47. The monoisotopic (exact) mass is 434 g/mol. The van der Waals surface area contributed by atoms with Crippen molar-refractivity contribution in [3.63, 3.8) is 0 Å². The Morgan fingerprint density at radius 2 is 2.03 bits per heavy atom. The number of alkyl halides is 2. The normalized spacial score (nSPS) is 15.4. The first-order chi connectivity index (χ1) is 14.6. The first-order valence-electron chi connectivity index (χ1n) is 9.56. The van der Waals surface area contributed by atoms with Crippen molar-refractivity contribution < 1.29 is 23.1 Å². The number of hydrogen-bond donors (Lipinski definition) is 2. The Labute approximate surface area is 178 Å². The van der Waals surface area contributed by atoms with Crippen LogP contribution in [-0.2, 0) is 4.79 Å². The van der Waals surface area contributed by atoms with Crippen molar-refractivity contribution in [1.29, 1.82) is 0 Å². The number of ether oxygens (including phenoxy) is 1. The molecule has 0 bridgehead atoms. The number of fused-ring (bicyclic) bond motifs is 1. The zero-order valence-corrected chi connectivity index (χ0v) is 17.9. The molecule has 0 unspecified atom stereocenters. The van der Waals surface area contributed by atoms with Crippen molar-refractivity contribution >= 4 is 35.0 Å². The molecule has 1 aromatic carbocycles. The summed E-state index contributed by atoms with van der Waals surface area (Å²) in [6.45, 7) is 2.69. The summed E-state index contributed by atoms with van der Waals surface area (Å²) in [5, 5.41) is 5.52. The Kier molecular flexibility index (Phi) is 5.96. The zero-order valence-electron chi connectivity index (χ0n) is 17.9. The number of carbonyl (C=O) groups is 2. The number of methoxy groups -OCH3 is 1. The summed E-state index contributed by atoms with van der Waals surface area (Å²) in [7, 11) is 4.25. The van der Waals surface area contributed by atoms with Crippen LogP contribution < -0.4 is 25.2 Å². The lowest BCUT2D eigenvalue weighted by Gasteiger charge is -2.29. The first-order valence-corrected chi connectivity index (χ1v) is 9.56. The number of rotatable bonds is 5. The predicted octanol–water partition coefficient (Wildman–Crippen LogP) is 2.41. The lowest BCUT2D eigenvalue weighted by Crippen LogP contribution is -2.47. The van der Waals surface area contributed by atoms with Gasteiger partial charge in [0.15, 0.2) is 5.82 Å². The van der Waals surface area contributed by atoms with Gasteiger partial charge in [-0.1, -0.05) is 0 Å². The molecule has 3 rings (SSSR count). The predicted molar refractivity (Wildman–Crippen MR) is 113 cm³/mol. The fourth-order valence-corrected chi connectivity index (χ4v) is 3.21. The summed E-state index contributed by atoms with van der Waals surface area (Å²) in [6.07, 6.45) is 1.32. The van der Waals surface area contributed by atoms with Crippen LogP contribution in [0.2, 0.25) is 0 Å². The second kappa shape index (κ2) is 8.32. The molecule has 0 saturated carbocycles. The smallest absolute Gasteiger partial charge is 0.342 e. The van der Waals surface area contributed by atoms with Crippen LogP contribution in [0, 0.1) is 0 Å². The molecule has 31 heavy (non-hydrogen) atoms. The molecule has 166 valence electrons. The fraction of sp³-hybridized carbons (Fsp3) is 0.400. The van der Waals surface area contributed by atoms with Crippen LogP contribution >= 0.6 is 0 Å². The van der Waals surface area contributed by atoms with Gasteiger partial charge in [-0.3, -0.25) is 9.59 Å². The minimum Gasteiger partial charge on any atom is -0.495 e. The number of nitrogens with zero attached hydrogens (tertiary/aromatic N) is 4. The van der Waals surface area contributed by atoms with E-state index >= 15 is 0 Å². The van der Waals surface area contributed by atoms with E-state index < -0.39 is 18.4 Å². The van der Waals surface area contributed by atoms with Crippen molar-refractivity contribution in [2.45, 2.75) is 25.8 Å². The average Bonchev–Trinajstić information content (AvgIpc) is 2.82. The second-order valence-electron chi connectivity index (χ2n) is 7.31. The molecule has 2 aromatic rings. The van der Waals surface area contributed by atoms with Crippen LogP contribution in [0.15, 0.2) is 24.4 Å². The third kappa shape index (κ3) is 4.21. The van der Waals surface area contributed by atoms with Gasteiger partial charge in [-0.05, 0) is 32.0 Å². The van der Waals surface area contributed by atoms with Gasteiger partial charge in [0.2, 0.25) is 5.95 Å². The number of aromatic nitrogens is 2. The van der Waals surface area contributed by atoms with Crippen LogP contribution in [0.4, 0.5) is 31.9 Å². The fourth-order valence-electron chi connectivity index (χ4n) is 3.21. The average molecular weight is 434 g/mol. The maximum atomic E-state index is 14.4. The van der Waals surface area contributed by atoms with Gasteiger partial charge in [0.1, 0.15) is 11.4 Å². The van der Waals surface area contributed by atoms with Crippen LogP contribution in [0.3, 0.4) is 0 Å². The SMILES string of the molecule is CNC(=O)c1ccc(Nc2ncc3c(n2)N(C(C)C)CC(F)(F)C(=O)N3C)c(OC)c1. The van der Waals surface area contributed by atoms with Gasteiger partial charge in [-0.2, -0.15) is 13.8 Å². The molecule has 0 spiro atoms. The number of nitrogens with one attached hydrogen (secondary N) is 2. The zero-order chi connectivity index (χ0) is 22.9. The van der Waals surface area contributed by atoms with Gasteiger partial charge in [0, 0.05) is 25.7 Å². The van der Waals surface area contributed by atoms with E-state index in [-0.39, 0.29) is 29.4 Å². The molecular weight excluding hydrogens is 410 g/mol. The largest absolute Gasteiger partial charge is 0.495 e. The van der Waals surface area contributed by atoms with E-state index in [0.29, 0.717) is 17.0 Å². The number of benzene rings is 1. The van der Waals surface area contributed by atoms with E-state index in [2.05, 4.69) is 20.6 Å². The molecule has 0 radical (unpaired) electrons. The Morgan fingerprint density at radius 3 is 2.65 bits per heavy atom. The molecule has 2 N–H and O–H groups in total. The number of carbonyl (C=O) groups excluding carboxylic acids is 2. The van der Waals surface area contributed by atoms with Crippen LogP contribution in [0.1, 0.15) is 24.2 Å². The highest BCUT2D eigenvalue weighted by atomic mass is 19.3. The van der Waals surface area contributed by atoms with Crippen molar-refractivity contribution in [2.24, 2.45) is 0 Å². The molecule has 11 heteroatoms. The van der Waals surface area contributed by atoms with Crippen LogP contribution in [-0.4, -0.2) is 61.5 Å². The summed E-state index contributed by atoms with van der Waals surface area (Å²) in [5.41, 5.74) is 1.07. The quantitative estimate of drug-likeness (QED) is 0.746.